The molecule has 0 unspecified atom stereocenters. The molecule has 0 radical (unpaired) electrons. The lowest BCUT2D eigenvalue weighted by Crippen LogP contribution is -2.09. The molecule has 0 aromatic heterocycles. The summed E-state index contributed by atoms with van der Waals surface area (Å²) in [5, 5.41) is 0. The van der Waals surface area contributed by atoms with Gasteiger partial charge in [0.05, 0.1) is 13.2 Å². The Balaban J connectivity index is 1.66. The first kappa shape index (κ1) is 24.1. The van der Waals surface area contributed by atoms with Crippen molar-refractivity contribution in [3.8, 4) is 35.8 Å². The Hall–Kier alpha value is -3.56. The van der Waals surface area contributed by atoms with Crippen LogP contribution in [0.5, 0.6) is 0 Å². The van der Waals surface area contributed by atoms with E-state index in [-0.39, 0.29) is 0 Å². The predicted molar refractivity (Wildman–Crippen MR) is 149 cm³/mol. The molecule has 1 atom stereocenters. The molecular formula is C34H32O2. The molecule has 2 nitrogen and oxygen atoms in total. The summed E-state index contributed by atoms with van der Waals surface area (Å²) >= 11 is 0. The van der Waals surface area contributed by atoms with E-state index in [1.807, 2.05) is 0 Å². The second-order valence-electron chi connectivity index (χ2n) is 9.67. The van der Waals surface area contributed by atoms with Crippen molar-refractivity contribution in [1.82, 2.24) is 0 Å². The standard InChI is InChI=1S/C34H32O2/c1-5-17-35-19-15-25-22-26-21-23(3)32(33(26)24(4)27(25)16-20-36-18-6-2)34-30-13-9-7-11-28(30)29-12-8-10-14-31(29)34/h1-2,7-14,22-23H,15-21H2,3-4H3/t23-/m1/s1. The van der Waals surface area contributed by atoms with E-state index in [9.17, 15) is 0 Å². The normalized spacial score (nSPS) is 15.3. The van der Waals surface area contributed by atoms with Gasteiger partial charge in [-0.05, 0) is 93.3 Å². The molecule has 180 valence electrons. The lowest BCUT2D eigenvalue weighted by atomic mass is 9.85. The van der Waals surface area contributed by atoms with Crippen LogP contribution in [0.15, 0.2) is 54.6 Å². The highest BCUT2D eigenvalue weighted by Gasteiger charge is 2.34. The smallest absolute Gasteiger partial charge is 0.107 e. The molecule has 0 amide bonds. The van der Waals surface area contributed by atoms with Crippen LogP contribution in [0.2, 0.25) is 0 Å². The van der Waals surface area contributed by atoms with Gasteiger partial charge in [0.15, 0.2) is 0 Å². The van der Waals surface area contributed by atoms with Gasteiger partial charge in [0.25, 0.3) is 0 Å². The molecule has 0 saturated heterocycles. The first-order valence-corrected chi connectivity index (χ1v) is 12.8. The van der Waals surface area contributed by atoms with Gasteiger partial charge < -0.3 is 9.47 Å². The van der Waals surface area contributed by atoms with Gasteiger partial charge in [0.1, 0.15) is 13.2 Å². The minimum Gasteiger partial charge on any atom is -0.368 e. The van der Waals surface area contributed by atoms with Crippen molar-refractivity contribution in [2.45, 2.75) is 33.1 Å². The van der Waals surface area contributed by atoms with Crippen LogP contribution in [0.4, 0.5) is 0 Å². The molecule has 3 aromatic rings. The van der Waals surface area contributed by atoms with E-state index >= 15 is 0 Å². The molecule has 0 bridgehead atoms. The average Bonchev–Trinajstić information content (AvgIpc) is 3.39. The third-order valence-corrected chi connectivity index (χ3v) is 7.51. The Morgan fingerprint density at radius 2 is 1.39 bits per heavy atom. The SMILES string of the molecule is C#CCOCCc1cc2c(c(C)c1CCOCC#C)C(=C1c3ccccc3-c3ccccc31)[C@H](C)C2. The van der Waals surface area contributed by atoms with Crippen LogP contribution < -0.4 is 0 Å². The molecule has 36 heavy (non-hydrogen) atoms. The van der Waals surface area contributed by atoms with Crippen molar-refractivity contribution in [3.05, 3.63) is 93.5 Å². The van der Waals surface area contributed by atoms with Crippen molar-refractivity contribution < 1.29 is 9.47 Å². The Labute approximate surface area is 215 Å². The highest BCUT2D eigenvalue weighted by molar-refractivity contribution is 6.11. The van der Waals surface area contributed by atoms with Crippen LogP contribution in [0.1, 0.15) is 45.9 Å². The third kappa shape index (κ3) is 4.29. The van der Waals surface area contributed by atoms with Gasteiger partial charge in [-0.25, -0.2) is 0 Å². The van der Waals surface area contributed by atoms with Gasteiger partial charge in [0, 0.05) is 0 Å². The number of allylic oxidation sites excluding steroid dienone is 1. The van der Waals surface area contributed by atoms with E-state index in [0.717, 1.165) is 19.3 Å². The van der Waals surface area contributed by atoms with E-state index in [0.29, 0.717) is 32.3 Å². The molecule has 0 fully saturated rings. The van der Waals surface area contributed by atoms with Crippen molar-refractivity contribution >= 4 is 11.1 Å². The molecule has 2 aliphatic rings. The Morgan fingerprint density at radius 3 is 1.97 bits per heavy atom. The van der Waals surface area contributed by atoms with Crippen LogP contribution in [0.25, 0.3) is 22.3 Å². The topological polar surface area (TPSA) is 18.5 Å². The van der Waals surface area contributed by atoms with E-state index in [4.69, 9.17) is 22.3 Å². The van der Waals surface area contributed by atoms with E-state index < -0.39 is 0 Å². The van der Waals surface area contributed by atoms with E-state index in [2.05, 4.69) is 80.3 Å². The Morgan fingerprint density at radius 1 is 0.833 bits per heavy atom. The van der Waals surface area contributed by atoms with Gasteiger partial charge >= 0.3 is 0 Å². The summed E-state index contributed by atoms with van der Waals surface area (Å²) in [5.41, 5.74) is 15.1. The second kappa shape index (κ2) is 10.6. The average molecular weight is 473 g/mol. The largest absolute Gasteiger partial charge is 0.368 e. The number of fused-ring (bicyclic) bond motifs is 4. The molecule has 0 aliphatic heterocycles. The molecule has 0 saturated carbocycles. The third-order valence-electron chi connectivity index (χ3n) is 7.51. The van der Waals surface area contributed by atoms with Crippen LogP contribution >= 0.6 is 0 Å². The number of rotatable bonds is 8. The molecule has 0 N–H and O–H groups in total. The van der Waals surface area contributed by atoms with Crippen LogP contribution in [-0.4, -0.2) is 26.4 Å². The maximum Gasteiger partial charge on any atom is 0.107 e. The van der Waals surface area contributed by atoms with Gasteiger partial charge in [0.2, 0.25) is 0 Å². The van der Waals surface area contributed by atoms with E-state index in [1.54, 1.807) is 0 Å². The molecular weight excluding hydrogens is 440 g/mol. The fourth-order valence-electron chi connectivity index (χ4n) is 6.08. The summed E-state index contributed by atoms with van der Waals surface area (Å²) in [6.45, 7) is 6.56. The summed E-state index contributed by atoms with van der Waals surface area (Å²) in [6.07, 6.45) is 13.5. The number of hydrogen-bond donors (Lipinski definition) is 0. The van der Waals surface area contributed by atoms with Crippen molar-refractivity contribution in [2.75, 3.05) is 26.4 Å². The van der Waals surface area contributed by atoms with Gasteiger partial charge in [-0.3, -0.25) is 0 Å². The summed E-state index contributed by atoms with van der Waals surface area (Å²) in [5.74, 6) is 5.57. The molecule has 3 aromatic carbocycles. The summed E-state index contributed by atoms with van der Waals surface area (Å²) in [6, 6.07) is 20.1. The maximum atomic E-state index is 5.69. The highest BCUT2D eigenvalue weighted by atomic mass is 16.5. The van der Waals surface area contributed by atoms with Gasteiger partial charge in [-0.2, -0.15) is 0 Å². The molecule has 0 heterocycles. The molecule has 5 rings (SSSR count). The predicted octanol–water partition coefficient (Wildman–Crippen LogP) is 6.51. The molecule has 2 heteroatoms. The zero-order valence-electron chi connectivity index (χ0n) is 21.2. The molecule has 2 aliphatic carbocycles. The monoisotopic (exact) mass is 472 g/mol. The summed E-state index contributed by atoms with van der Waals surface area (Å²) in [4.78, 5) is 0. The van der Waals surface area contributed by atoms with E-state index in [1.165, 1.54) is 61.2 Å². The summed E-state index contributed by atoms with van der Waals surface area (Å²) < 4.78 is 11.3. The highest BCUT2D eigenvalue weighted by Crippen LogP contribution is 2.52. The zero-order chi connectivity index (χ0) is 25.1. The quantitative estimate of drug-likeness (QED) is 0.215. The Bertz CT molecular complexity index is 1360. The van der Waals surface area contributed by atoms with Gasteiger partial charge in [-0.15, -0.1) is 12.8 Å². The van der Waals surface area contributed by atoms with Crippen molar-refractivity contribution in [1.29, 1.82) is 0 Å². The fourth-order valence-corrected chi connectivity index (χ4v) is 6.08. The maximum absolute atomic E-state index is 5.69. The Kier molecular flexibility index (Phi) is 7.11. The second-order valence-corrected chi connectivity index (χ2v) is 9.67. The zero-order valence-corrected chi connectivity index (χ0v) is 21.2. The lowest BCUT2D eigenvalue weighted by molar-refractivity contribution is 0.167. The minimum atomic E-state index is 0.338. The first-order chi connectivity index (χ1) is 17.7. The van der Waals surface area contributed by atoms with Gasteiger partial charge in [-0.1, -0.05) is 73.4 Å². The van der Waals surface area contributed by atoms with Crippen molar-refractivity contribution in [3.63, 3.8) is 0 Å². The van der Waals surface area contributed by atoms with Crippen molar-refractivity contribution in [2.24, 2.45) is 5.92 Å². The number of benzene rings is 3. The van der Waals surface area contributed by atoms with Crippen LogP contribution in [0.3, 0.4) is 0 Å². The van der Waals surface area contributed by atoms with Crippen LogP contribution in [0, 0.1) is 37.5 Å². The summed E-state index contributed by atoms with van der Waals surface area (Å²) in [7, 11) is 0. The number of terminal acetylenes is 2. The molecule has 0 spiro atoms. The minimum absolute atomic E-state index is 0.338. The fraction of sp³-hybridized carbons (Fsp3) is 0.294. The van der Waals surface area contributed by atoms with Crippen LogP contribution in [-0.2, 0) is 28.7 Å². The number of ether oxygens (including phenoxy) is 2. The lowest BCUT2D eigenvalue weighted by Gasteiger charge is -2.20. The number of hydrogen-bond acceptors (Lipinski definition) is 2. The first-order valence-electron chi connectivity index (χ1n) is 12.8.